The summed E-state index contributed by atoms with van der Waals surface area (Å²) in [5.74, 6) is -1.15. The summed E-state index contributed by atoms with van der Waals surface area (Å²) in [6.07, 6.45) is -5.81. The molecule has 8 rings (SSSR count). The predicted octanol–water partition coefficient (Wildman–Crippen LogP) is 10.3. The van der Waals surface area contributed by atoms with Gasteiger partial charge in [-0.3, -0.25) is 20.2 Å². The van der Waals surface area contributed by atoms with Crippen molar-refractivity contribution < 1.29 is 54.6 Å². The molecule has 0 aliphatic carbocycles. The van der Waals surface area contributed by atoms with E-state index in [2.05, 4.69) is 25.1 Å². The fourth-order valence-corrected chi connectivity index (χ4v) is 4.97. The van der Waals surface area contributed by atoms with E-state index in [1.165, 1.54) is 24.5 Å². The van der Waals surface area contributed by atoms with Gasteiger partial charge in [0, 0.05) is 54.3 Å². The first-order chi connectivity index (χ1) is 24.9. The average Bonchev–Trinajstić information content (AvgIpc) is 3.84. The largest absolute Gasteiger partial charge is 0.432 e. The van der Waals surface area contributed by atoms with E-state index in [4.69, 9.17) is 0 Å². The molecule has 0 aliphatic rings. The van der Waals surface area contributed by atoms with Crippen molar-refractivity contribution >= 4 is 21.8 Å². The van der Waals surface area contributed by atoms with Crippen LogP contribution >= 0.6 is 0 Å². The Morgan fingerprint density at radius 2 is 1.04 bits per heavy atom. The fourth-order valence-electron chi connectivity index (χ4n) is 4.97. The molecule has 0 bridgehead atoms. The van der Waals surface area contributed by atoms with Gasteiger partial charge >= 0.3 is 12.4 Å². The van der Waals surface area contributed by atoms with E-state index in [0.717, 1.165) is 40.0 Å². The minimum Gasteiger partial charge on any atom is -0.273 e. The first-order valence-corrected chi connectivity index (χ1v) is 15.2. The second-order valence-electron chi connectivity index (χ2n) is 10.9. The number of H-pyrrole nitrogens is 2. The molecule has 2 N–H and O–H groups in total. The van der Waals surface area contributed by atoms with Crippen LogP contribution in [0.1, 0.15) is 11.4 Å². The number of para-hydroxylation sites is 1. The molecule has 0 atom stereocenters. The fraction of sp³-hybridized carbons (Fsp3) is 0.0541. The Hall–Kier alpha value is -5.89. The van der Waals surface area contributed by atoms with Crippen molar-refractivity contribution in [1.82, 2.24) is 35.3 Å². The van der Waals surface area contributed by atoms with Gasteiger partial charge in [0.1, 0.15) is 34.4 Å². The van der Waals surface area contributed by atoms with Crippen molar-refractivity contribution in [2.75, 3.05) is 0 Å². The second kappa shape index (κ2) is 16.2. The van der Waals surface area contributed by atoms with Crippen molar-refractivity contribution in [3.8, 4) is 33.9 Å². The molecular formula is C37H23F8N7Ru. The van der Waals surface area contributed by atoms with Gasteiger partial charge in [0.05, 0.1) is 22.4 Å². The molecule has 8 aromatic rings. The van der Waals surface area contributed by atoms with Gasteiger partial charge in [-0.15, -0.1) is 0 Å². The summed E-state index contributed by atoms with van der Waals surface area (Å²) < 4.78 is 101. The number of aromatic nitrogens is 7. The Morgan fingerprint density at radius 3 is 1.55 bits per heavy atom. The molecule has 0 saturated carbocycles. The number of alkyl halides is 6. The third-order valence-electron chi connectivity index (χ3n) is 7.40. The number of benzene rings is 3. The molecule has 0 unspecified atom stereocenters. The van der Waals surface area contributed by atoms with Crippen LogP contribution in [0, 0.1) is 11.6 Å². The summed E-state index contributed by atoms with van der Waals surface area (Å²) >= 11 is 0. The smallest absolute Gasteiger partial charge is 0.273 e. The van der Waals surface area contributed by atoms with Crippen LogP contribution in [0.2, 0.25) is 0 Å². The van der Waals surface area contributed by atoms with Gasteiger partial charge in [0.25, 0.3) is 0 Å². The molecule has 0 spiro atoms. The maximum absolute atomic E-state index is 14.1. The number of aromatic amines is 2. The van der Waals surface area contributed by atoms with Gasteiger partial charge in [-0.05, 0) is 72.3 Å². The molecule has 0 aliphatic heterocycles. The maximum atomic E-state index is 14.1. The summed E-state index contributed by atoms with van der Waals surface area (Å²) in [6, 6.07) is 30.8. The van der Waals surface area contributed by atoms with E-state index in [0.29, 0.717) is 22.5 Å². The zero-order valence-corrected chi connectivity index (χ0v) is 28.5. The quantitative estimate of drug-likeness (QED) is 0.105. The van der Waals surface area contributed by atoms with E-state index in [1.54, 1.807) is 36.4 Å². The number of fused-ring (bicyclic) bond motifs is 2. The van der Waals surface area contributed by atoms with Gasteiger partial charge < -0.3 is 0 Å². The monoisotopic (exact) mass is 819 g/mol. The van der Waals surface area contributed by atoms with E-state index >= 15 is 0 Å². The molecule has 7 nitrogen and oxygen atoms in total. The Bertz CT molecular complexity index is 2340. The third-order valence-corrected chi connectivity index (χ3v) is 7.40. The van der Waals surface area contributed by atoms with Crippen LogP contribution in [-0.4, -0.2) is 35.3 Å². The van der Waals surface area contributed by atoms with E-state index in [1.807, 2.05) is 58.7 Å². The molecule has 0 radical (unpaired) electrons. The minimum absolute atomic E-state index is 0. The molecule has 53 heavy (non-hydrogen) atoms. The van der Waals surface area contributed by atoms with E-state index in [-0.39, 0.29) is 30.9 Å². The second-order valence-corrected chi connectivity index (χ2v) is 10.9. The van der Waals surface area contributed by atoms with Gasteiger partial charge in [-0.2, -0.15) is 36.5 Å². The van der Waals surface area contributed by atoms with Crippen LogP contribution in [-0.2, 0) is 31.8 Å². The summed E-state index contributed by atoms with van der Waals surface area (Å²) in [4.78, 5) is 12.4. The number of rotatable bonds is 3. The Labute approximate surface area is 307 Å². The standard InChI is InChI=1S/C19H11F2N.2C9H6F3N3.Ru/c20-13-8-9-15(17(21)11-13)14-5-3-7-19-16(14)10-12-4-1-2-6-18(12)22-19;2*10-9(11,12)8-5-7(14-15-8)6-3-1-2-4-13-6;/h1-11H;2*1-5H,(H,14,15);. The minimum atomic E-state index is -4.40. The Morgan fingerprint density at radius 1 is 0.491 bits per heavy atom. The summed E-state index contributed by atoms with van der Waals surface area (Å²) in [5, 5.41) is 12.8. The molecule has 5 aromatic heterocycles. The molecule has 16 heteroatoms. The number of hydrogen-bond donors (Lipinski definition) is 2. The van der Waals surface area contributed by atoms with Crippen LogP contribution in [0.5, 0.6) is 0 Å². The summed E-state index contributed by atoms with van der Waals surface area (Å²) in [5.41, 5.74) is 2.22. The van der Waals surface area contributed by atoms with Crippen LogP contribution in [0.25, 0.3) is 55.7 Å². The van der Waals surface area contributed by atoms with Gasteiger partial charge in [0.15, 0.2) is 0 Å². The van der Waals surface area contributed by atoms with Crippen molar-refractivity contribution in [3.63, 3.8) is 0 Å². The number of hydrogen-bond acceptors (Lipinski definition) is 5. The molecule has 270 valence electrons. The molecule has 0 saturated heterocycles. The van der Waals surface area contributed by atoms with Crippen molar-refractivity contribution in [2.45, 2.75) is 12.4 Å². The molecule has 0 fully saturated rings. The first kappa shape index (κ1) is 38.3. The maximum Gasteiger partial charge on any atom is 0.432 e. The van der Waals surface area contributed by atoms with Crippen LogP contribution in [0.4, 0.5) is 35.1 Å². The predicted molar refractivity (Wildman–Crippen MR) is 178 cm³/mol. The van der Waals surface area contributed by atoms with Gasteiger partial charge in [-0.1, -0.05) is 42.5 Å². The van der Waals surface area contributed by atoms with E-state index < -0.39 is 35.4 Å². The van der Waals surface area contributed by atoms with Crippen LogP contribution < -0.4 is 0 Å². The summed E-state index contributed by atoms with van der Waals surface area (Å²) in [7, 11) is 0. The molecule has 0 amide bonds. The van der Waals surface area contributed by atoms with Crippen molar-refractivity contribution in [3.05, 3.63) is 151 Å². The van der Waals surface area contributed by atoms with Crippen LogP contribution in [0.15, 0.2) is 128 Å². The first-order valence-electron chi connectivity index (χ1n) is 15.2. The molecule has 3 aromatic carbocycles. The van der Waals surface area contributed by atoms with Gasteiger partial charge in [0.2, 0.25) is 0 Å². The number of nitrogens with one attached hydrogen (secondary N) is 2. The third kappa shape index (κ3) is 9.32. The average molecular weight is 819 g/mol. The zero-order chi connectivity index (χ0) is 36.9. The molecule has 5 heterocycles. The summed E-state index contributed by atoms with van der Waals surface area (Å²) in [6.45, 7) is 0. The van der Waals surface area contributed by atoms with Crippen molar-refractivity contribution in [1.29, 1.82) is 0 Å². The normalized spacial score (nSPS) is 11.2. The number of halogens is 8. The number of nitrogens with zero attached hydrogens (tertiary/aromatic N) is 5. The van der Waals surface area contributed by atoms with Crippen LogP contribution in [0.3, 0.4) is 0 Å². The van der Waals surface area contributed by atoms with E-state index in [9.17, 15) is 35.1 Å². The van der Waals surface area contributed by atoms with Gasteiger partial charge in [-0.25, -0.2) is 13.8 Å². The SMILES string of the molecule is FC(F)(F)c1cc(-c2ccccn2)n[nH]1.FC(F)(F)c1cc(-c2ccccn2)n[nH]1.Fc1ccc(-c2cccc3nc4ccccc4cc23)c(F)c1.[Ru]. The van der Waals surface area contributed by atoms with Crippen molar-refractivity contribution in [2.24, 2.45) is 0 Å². The topological polar surface area (TPSA) is 96.0 Å². The Kier molecular flexibility index (Phi) is 11.7. The molecular weight excluding hydrogens is 796 g/mol. The number of pyridine rings is 3. The Balaban J connectivity index is 0.000000157. The zero-order valence-electron chi connectivity index (χ0n) is 26.7.